The molecule has 0 bridgehead atoms. The molecule has 5 heteroatoms. The molecule has 1 atom stereocenters. The van der Waals surface area contributed by atoms with E-state index in [1.54, 1.807) is 13.3 Å². The van der Waals surface area contributed by atoms with E-state index in [2.05, 4.69) is 23.4 Å². The number of hydrazine groups is 1. The molecule has 2 aromatic rings. The topological polar surface area (TPSA) is 65.1 Å². The third-order valence-corrected chi connectivity index (χ3v) is 3.23. The van der Waals surface area contributed by atoms with Crippen molar-refractivity contribution in [1.82, 2.24) is 15.0 Å². The molecule has 5 nitrogen and oxygen atoms in total. The highest BCUT2D eigenvalue weighted by Crippen LogP contribution is 2.25. The fourth-order valence-electron chi connectivity index (χ4n) is 2.22. The van der Waals surface area contributed by atoms with Gasteiger partial charge in [-0.25, -0.2) is 10.4 Å². The van der Waals surface area contributed by atoms with Crippen molar-refractivity contribution in [2.75, 3.05) is 7.11 Å². The number of ether oxygens (including phenoxy) is 1. The minimum atomic E-state index is -0.0456. The van der Waals surface area contributed by atoms with Gasteiger partial charge in [-0.15, -0.1) is 0 Å². The van der Waals surface area contributed by atoms with Gasteiger partial charge in [0, 0.05) is 19.4 Å². The van der Waals surface area contributed by atoms with E-state index in [1.165, 1.54) is 5.56 Å². The Hall–Kier alpha value is -1.85. The Labute approximate surface area is 113 Å². The summed E-state index contributed by atoms with van der Waals surface area (Å²) < 4.78 is 7.36. The van der Waals surface area contributed by atoms with Gasteiger partial charge in [0.25, 0.3) is 0 Å². The average molecular weight is 260 g/mol. The molecule has 2 rings (SSSR count). The molecule has 3 N–H and O–H groups in total. The molecule has 0 aliphatic heterocycles. The highest BCUT2D eigenvalue weighted by atomic mass is 16.5. The number of aryl methyl sites for hydroxylation is 2. The Morgan fingerprint density at radius 2 is 2.26 bits per heavy atom. The Morgan fingerprint density at radius 3 is 2.84 bits per heavy atom. The van der Waals surface area contributed by atoms with Crippen molar-refractivity contribution < 1.29 is 4.74 Å². The second-order valence-corrected chi connectivity index (χ2v) is 4.64. The predicted molar refractivity (Wildman–Crippen MR) is 74.7 cm³/mol. The largest absolute Gasteiger partial charge is 0.496 e. The van der Waals surface area contributed by atoms with Crippen molar-refractivity contribution >= 4 is 0 Å². The highest BCUT2D eigenvalue weighted by Gasteiger charge is 2.17. The minimum absolute atomic E-state index is 0.0456. The van der Waals surface area contributed by atoms with Crippen molar-refractivity contribution in [1.29, 1.82) is 0 Å². The second-order valence-electron chi connectivity index (χ2n) is 4.64. The lowest BCUT2D eigenvalue weighted by atomic mass is 10.0. The van der Waals surface area contributed by atoms with Crippen LogP contribution in [0.25, 0.3) is 0 Å². The predicted octanol–water partition coefficient (Wildman–Crippen LogP) is 1.48. The Balaban J connectivity index is 2.28. The zero-order valence-electron chi connectivity index (χ0n) is 11.6. The number of hydrogen-bond donors (Lipinski definition) is 2. The van der Waals surface area contributed by atoms with Gasteiger partial charge in [-0.05, 0) is 25.0 Å². The van der Waals surface area contributed by atoms with Gasteiger partial charge in [0.05, 0.1) is 13.2 Å². The van der Waals surface area contributed by atoms with Crippen LogP contribution in [0.1, 0.15) is 23.0 Å². The summed E-state index contributed by atoms with van der Waals surface area (Å²) >= 11 is 0. The lowest BCUT2D eigenvalue weighted by Crippen LogP contribution is -2.31. The number of nitrogens with one attached hydrogen (secondary N) is 1. The van der Waals surface area contributed by atoms with Crippen LogP contribution in [0.3, 0.4) is 0 Å². The van der Waals surface area contributed by atoms with Gasteiger partial charge in [0.1, 0.15) is 11.6 Å². The summed E-state index contributed by atoms with van der Waals surface area (Å²) in [4.78, 5) is 4.34. The SMILES string of the molecule is COc1ccc(C)cc1CC(NN)c1nccn1C. The molecule has 0 radical (unpaired) electrons. The Kier molecular flexibility index (Phi) is 4.19. The summed E-state index contributed by atoms with van der Waals surface area (Å²) in [6.45, 7) is 2.06. The number of methoxy groups -OCH3 is 1. The van der Waals surface area contributed by atoms with Crippen LogP contribution in [0.5, 0.6) is 5.75 Å². The summed E-state index contributed by atoms with van der Waals surface area (Å²) in [6, 6.07) is 6.09. The summed E-state index contributed by atoms with van der Waals surface area (Å²) in [5.41, 5.74) is 5.14. The molecule has 1 aromatic carbocycles. The van der Waals surface area contributed by atoms with Crippen molar-refractivity contribution in [2.24, 2.45) is 12.9 Å². The number of aromatic nitrogens is 2. The molecule has 1 unspecified atom stereocenters. The molecule has 0 spiro atoms. The Bertz CT molecular complexity index is 550. The molecule has 102 valence electrons. The molecule has 0 aliphatic carbocycles. The number of nitrogens with zero attached hydrogens (tertiary/aromatic N) is 2. The van der Waals surface area contributed by atoms with Crippen LogP contribution >= 0.6 is 0 Å². The van der Waals surface area contributed by atoms with Crippen LogP contribution < -0.4 is 16.0 Å². The standard InChI is InChI=1S/C14H20N4O/c1-10-4-5-13(19-3)11(8-10)9-12(17-15)14-16-6-7-18(14)2/h4-8,12,17H,9,15H2,1-3H3. The number of rotatable bonds is 5. The molecular formula is C14H20N4O. The van der Waals surface area contributed by atoms with E-state index < -0.39 is 0 Å². The lowest BCUT2D eigenvalue weighted by molar-refractivity contribution is 0.403. The van der Waals surface area contributed by atoms with Gasteiger partial charge in [0.2, 0.25) is 0 Å². The molecule has 0 saturated carbocycles. The molecule has 1 heterocycles. The van der Waals surface area contributed by atoms with E-state index in [9.17, 15) is 0 Å². The van der Waals surface area contributed by atoms with Gasteiger partial charge in [-0.1, -0.05) is 17.7 Å². The third kappa shape index (κ3) is 2.94. The maximum Gasteiger partial charge on any atom is 0.127 e. The molecule has 0 aliphatic rings. The van der Waals surface area contributed by atoms with Crippen LogP contribution in [0, 0.1) is 6.92 Å². The van der Waals surface area contributed by atoms with E-state index in [4.69, 9.17) is 10.6 Å². The molecule has 0 saturated heterocycles. The van der Waals surface area contributed by atoms with Crippen LogP contribution in [0.15, 0.2) is 30.6 Å². The molecule has 0 amide bonds. The van der Waals surface area contributed by atoms with Gasteiger partial charge >= 0.3 is 0 Å². The molecular weight excluding hydrogens is 240 g/mol. The highest BCUT2D eigenvalue weighted by molar-refractivity contribution is 5.37. The van der Waals surface area contributed by atoms with Crippen LogP contribution in [-0.4, -0.2) is 16.7 Å². The molecule has 1 aromatic heterocycles. The van der Waals surface area contributed by atoms with E-state index in [1.807, 2.05) is 29.9 Å². The van der Waals surface area contributed by atoms with Gasteiger partial charge < -0.3 is 9.30 Å². The first-order valence-electron chi connectivity index (χ1n) is 6.22. The van der Waals surface area contributed by atoms with E-state index >= 15 is 0 Å². The zero-order chi connectivity index (χ0) is 13.8. The molecule has 0 fully saturated rings. The van der Waals surface area contributed by atoms with Gasteiger partial charge in [-0.3, -0.25) is 5.84 Å². The van der Waals surface area contributed by atoms with E-state index in [0.29, 0.717) is 0 Å². The average Bonchev–Trinajstić information content (AvgIpc) is 2.82. The smallest absolute Gasteiger partial charge is 0.127 e. The lowest BCUT2D eigenvalue weighted by Gasteiger charge is -2.17. The minimum Gasteiger partial charge on any atom is -0.496 e. The summed E-state index contributed by atoms with van der Waals surface area (Å²) in [5, 5.41) is 0. The van der Waals surface area contributed by atoms with E-state index in [-0.39, 0.29) is 6.04 Å². The Morgan fingerprint density at radius 1 is 1.47 bits per heavy atom. The van der Waals surface area contributed by atoms with Crippen LogP contribution in [-0.2, 0) is 13.5 Å². The zero-order valence-corrected chi connectivity index (χ0v) is 11.6. The fourth-order valence-corrected chi connectivity index (χ4v) is 2.22. The van der Waals surface area contributed by atoms with Gasteiger partial charge in [0.15, 0.2) is 0 Å². The third-order valence-electron chi connectivity index (χ3n) is 3.23. The normalized spacial score (nSPS) is 12.4. The summed E-state index contributed by atoms with van der Waals surface area (Å²) in [5.74, 6) is 7.45. The first-order chi connectivity index (χ1) is 9.15. The molecule has 19 heavy (non-hydrogen) atoms. The number of hydrogen-bond acceptors (Lipinski definition) is 4. The monoisotopic (exact) mass is 260 g/mol. The number of benzene rings is 1. The van der Waals surface area contributed by atoms with E-state index in [0.717, 1.165) is 23.6 Å². The first kappa shape index (κ1) is 13.6. The first-order valence-corrected chi connectivity index (χ1v) is 6.22. The fraction of sp³-hybridized carbons (Fsp3) is 0.357. The summed E-state index contributed by atoms with van der Waals surface area (Å²) in [6.07, 6.45) is 4.41. The van der Waals surface area contributed by atoms with Gasteiger partial charge in [-0.2, -0.15) is 0 Å². The quantitative estimate of drug-likeness (QED) is 0.631. The summed E-state index contributed by atoms with van der Waals surface area (Å²) in [7, 11) is 3.64. The van der Waals surface area contributed by atoms with Crippen molar-refractivity contribution in [2.45, 2.75) is 19.4 Å². The van der Waals surface area contributed by atoms with Crippen molar-refractivity contribution in [3.63, 3.8) is 0 Å². The second kappa shape index (κ2) is 5.86. The van der Waals surface area contributed by atoms with Crippen LogP contribution in [0.2, 0.25) is 0 Å². The maximum atomic E-state index is 5.67. The van der Waals surface area contributed by atoms with Crippen molar-refractivity contribution in [3.05, 3.63) is 47.5 Å². The van der Waals surface area contributed by atoms with Crippen molar-refractivity contribution in [3.8, 4) is 5.75 Å². The van der Waals surface area contributed by atoms with Crippen LogP contribution in [0.4, 0.5) is 0 Å². The number of nitrogens with two attached hydrogens (primary N) is 1. The maximum absolute atomic E-state index is 5.67. The number of imidazole rings is 1.